The van der Waals surface area contributed by atoms with Crippen LogP contribution in [0, 0.1) is 18.3 Å². The van der Waals surface area contributed by atoms with Crippen LogP contribution in [-0.4, -0.2) is 22.2 Å². The highest BCUT2D eigenvalue weighted by molar-refractivity contribution is 5.92. The van der Waals surface area contributed by atoms with Crippen molar-refractivity contribution >= 4 is 16.9 Å². The van der Waals surface area contributed by atoms with Gasteiger partial charge in [0.05, 0.1) is 17.5 Å². The van der Waals surface area contributed by atoms with Crippen molar-refractivity contribution < 1.29 is 9.53 Å². The maximum atomic E-state index is 12.4. The van der Waals surface area contributed by atoms with Crippen molar-refractivity contribution in [3.05, 3.63) is 52.2 Å². The molecule has 0 aliphatic heterocycles. The maximum Gasteiger partial charge on any atom is 0.350 e. The number of ether oxygens (including phenoxy) is 1. The standard InChI is InChI=1S/C15H14N4O3/c1-3-22-15(21)11(8-16)9-17-19-10(2)18-13-7-5-4-6-12(13)14(19)20/h4-7,9,17H,3H2,1-2H3. The lowest BCUT2D eigenvalue weighted by molar-refractivity contribution is -0.138. The molecule has 2 aromatic rings. The molecule has 0 amide bonds. The summed E-state index contributed by atoms with van der Waals surface area (Å²) in [4.78, 5) is 28.2. The second kappa shape index (κ2) is 6.54. The minimum atomic E-state index is -0.753. The number of nitrogens with one attached hydrogen (secondary N) is 1. The van der Waals surface area contributed by atoms with Crippen LogP contribution in [0.4, 0.5) is 0 Å². The summed E-state index contributed by atoms with van der Waals surface area (Å²) < 4.78 is 5.91. The number of aryl methyl sites for hydroxylation is 1. The molecule has 22 heavy (non-hydrogen) atoms. The molecule has 0 radical (unpaired) electrons. The van der Waals surface area contributed by atoms with Crippen molar-refractivity contribution in [2.24, 2.45) is 0 Å². The Morgan fingerprint density at radius 1 is 1.50 bits per heavy atom. The van der Waals surface area contributed by atoms with E-state index >= 15 is 0 Å². The molecule has 1 heterocycles. The SMILES string of the molecule is CCOC(=O)C(C#N)=CNn1c(C)nc2ccccc2c1=O. The summed E-state index contributed by atoms with van der Waals surface area (Å²) >= 11 is 0. The molecule has 112 valence electrons. The first kappa shape index (κ1) is 15.3. The number of nitrogens with zero attached hydrogens (tertiary/aromatic N) is 3. The highest BCUT2D eigenvalue weighted by atomic mass is 16.5. The minimum absolute atomic E-state index is 0.161. The summed E-state index contributed by atoms with van der Waals surface area (Å²) in [6, 6.07) is 8.64. The quantitative estimate of drug-likeness (QED) is 0.518. The van der Waals surface area contributed by atoms with Gasteiger partial charge in [-0.05, 0) is 26.0 Å². The molecule has 0 atom stereocenters. The fourth-order valence-electron chi connectivity index (χ4n) is 1.87. The van der Waals surface area contributed by atoms with E-state index in [9.17, 15) is 9.59 Å². The van der Waals surface area contributed by atoms with Gasteiger partial charge in [-0.2, -0.15) is 5.26 Å². The van der Waals surface area contributed by atoms with Crippen molar-refractivity contribution in [2.75, 3.05) is 12.0 Å². The van der Waals surface area contributed by atoms with Crippen molar-refractivity contribution in [3.63, 3.8) is 0 Å². The Morgan fingerprint density at radius 2 is 2.23 bits per heavy atom. The topological polar surface area (TPSA) is 97.0 Å². The zero-order valence-electron chi connectivity index (χ0n) is 12.2. The average molecular weight is 298 g/mol. The Kier molecular flexibility index (Phi) is 4.53. The Bertz CT molecular complexity index is 846. The van der Waals surface area contributed by atoms with Crippen LogP contribution in [0.1, 0.15) is 12.7 Å². The number of carbonyl (C=O) groups is 1. The normalized spacial score (nSPS) is 11.0. The maximum absolute atomic E-state index is 12.4. The molecule has 1 N–H and O–H groups in total. The number of aromatic nitrogens is 2. The van der Waals surface area contributed by atoms with Crippen LogP contribution in [-0.2, 0) is 9.53 Å². The smallest absolute Gasteiger partial charge is 0.350 e. The van der Waals surface area contributed by atoms with Gasteiger partial charge in [0.25, 0.3) is 5.56 Å². The second-order valence-electron chi connectivity index (χ2n) is 4.34. The molecule has 2 rings (SSSR count). The summed E-state index contributed by atoms with van der Waals surface area (Å²) in [5, 5.41) is 9.38. The molecular weight excluding hydrogens is 284 g/mol. The number of benzene rings is 1. The fourth-order valence-corrected chi connectivity index (χ4v) is 1.87. The molecule has 0 fully saturated rings. The molecule has 7 nitrogen and oxygen atoms in total. The lowest BCUT2D eigenvalue weighted by Crippen LogP contribution is -2.29. The molecule has 1 aromatic heterocycles. The lowest BCUT2D eigenvalue weighted by Gasteiger charge is -2.10. The van der Waals surface area contributed by atoms with Crippen molar-refractivity contribution in [1.82, 2.24) is 9.66 Å². The Labute approximate surface area is 126 Å². The number of hydrogen-bond donors (Lipinski definition) is 1. The van der Waals surface area contributed by atoms with Crippen molar-refractivity contribution in [3.8, 4) is 6.07 Å². The molecular formula is C15H14N4O3. The summed E-state index contributed by atoms with van der Waals surface area (Å²) in [5.74, 6) is -0.349. The van der Waals surface area contributed by atoms with E-state index in [4.69, 9.17) is 10.00 Å². The highest BCUT2D eigenvalue weighted by Crippen LogP contribution is 2.06. The predicted octanol–water partition coefficient (Wildman–Crippen LogP) is 1.22. The minimum Gasteiger partial charge on any atom is -0.462 e. The van der Waals surface area contributed by atoms with E-state index in [0.29, 0.717) is 16.7 Å². The van der Waals surface area contributed by atoms with Crippen LogP contribution in [0.2, 0.25) is 0 Å². The number of carbonyl (C=O) groups excluding carboxylic acids is 1. The highest BCUT2D eigenvalue weighted by Gasteiger charge is 2.11. The first-order valence-electron chi connectivity index (χ1n) is 6.60. The largest absolute Gasteiger partial charge is 0.462 e. The molecule has 0 saturated carbocycles. The second-order valence-corrected chi connectivity index (χ2v) is 4.34. The molecule has 7 heteroatoms. The van der Waals surface area contributed by atoms with E-state index in [1.54, 1.807) is 44.2 Å². The van der Waals surface area contributed by atoms with E-state index in [1.165, 1.54) is 4.68 Å². The summed E-state index contributed by atoms with van der Waals surface area (Å²) in [7, 11) is 0. The van der Waals surface area contributed by atoms with Crippen LogP contribution in [0.25, 0.3) is 10.9 Å². The van der Waals surface area contributed by atoms with Crippen LogP contribution in [0.5, 0.6) is 0 Å². The first-order chi connectivity index (χ1) is 10.6. The summed E-state index contributed by atoms with van der Waals surface area (Å²) in [5.41, 5.74) is 2.65. The third-order valence-electron chi connectivity index (χ3n) is 2.90. The van der Waals surface area contributed by atoms with Gasteiger partial charge in [0.15, 0.2) is 5.57 Å². The van der Waals surface area contributed by atoms with Gasteiger partial charge in [0.1, 0.15) is 11.9 Å². The van der Waals surface area contributed by atoms with Gasteiger partial charge < -0.3 is 4.74 Å². The van der Waals surface area contributed by atoms with Crippen LogP contribution < -0.4 is 11.0 Å². The van der Waals surface area contributed by atoms with Crippen molar-refractivity contribution in [1.29, 1.82) is 5.26 Å². The number of rotatable bonds is 4. The van der Waals surface area contributed by atoms with Gasteiger partial charge in [-0.15, -0.1) is 0 Å². The molecule has 0 bridgehead atoms. The molecule has 0 unspecified atom stereocenters. The van der Waals surface area contributed by atoms with E-state index in [0.717, 1.165) is 6.20 Å². The van der Waals surface area contributed by atoms with E-state index < -0.39 is 5.97 Å². The molecule has 0 aliphatic carbocycles. The Balaban J connectivity index is 2.42. The molecule has 1 aromatic carbocycles. The zero-order valence-corrected chi connectivity index (χ0v) is 12.2. The molecule has 0 saturated heterocycles. The number of nitriles is 1. The van der Waals surface area contributed by atoms with Crippen LogP contribution in [0.3, 0.4) is 0 Å². The first-order valence-corrected chi connectivity index (χ1v) is 6.60. The number of para-hydroxylation sites is 1. The van der Waals surface area contributed by atoms with E-state index in [-0.39, 0.29) is 17.7 Å². The van der Waals surface area contributed by atoms with Gasteiger partial charge >= 0.3 is 5.97 Å². The van der Waals surface area contributed by atoms with Crippen molar-refractivity contribution in [2.45, 2.75) is 13.8 Å². The summed E-state index contributed by atoms with van der Waals surface area (Å²) in [6.45, 7) is 3.45. The Hall–Kier alpha value is -3.14. The number of fused-ring (bicyclic) bond motifs is 1. The number of esters is 1. The summed E-state index contributed by atoms with van der Waals surface area (Å²) in [6.07, 6.45) is 1.13. The number of hydrogen-bond acceptors (Lipinski definition) is 6. The van der Waals surface area contributed by atoms with Gasteiger partial charge in [0, 0.05) is 6.20 Å². The molecule has 0 aliphatic rings. The monoisotopic (exact) mass is 298 g/mol. The lowest BCUT2D eigenvalue weighted by atomic mass is 10.2. The van der Waals surface area contributed by atoms with Gasteiger partial charge in [-0.3, -0.25) is 10.2 Å². The Morgan fingerprint density at radius 3 is 2.91 bits per heavy atom. The zero-order chi connectivity index (χ0) is 16.1. The van der Waals surface area contributed by atoms with E-state index in [1.807, 2.05) is 0 Å². The molecule has 0 spiro atoms. The van der Waals surface area contributed by atoms with Crippen LogP contribution in [0.15, 0.2) is 40.8 Å². The average Bonchev–Trinajstić information content (AvgIpc) is 2.51. The van der Waals surface area contributed by atoms with E-state index in [2.05, 4.69) is 10.4 Å². The van der Waals surface area contributed by atoms with Gasteiger partial charge in [-0.1, -0.05) is 12.1 Å². The van der Waals surface area contributed by atoms with Gasteiger partial charge in [0.2, 0.25) is 0 Å². The van der Waals surface area contributed by atoms with Crippen LogP contribution >= 0.6 is 0 Å². The predicted molar refractivity (Wildman–Crippen MR) is 80.4 cm³/mol. The third-order valence-corrected chi connectivity index (χ3v) is 2.90. The van der Waals surface area contributed by atoms with Gasteiger partial charge in [-0.25, -0.2) is 14.5 Å². The fraction of sp³-hybridized carbons (Fsp3) is 0.200. The third kappa shape index (κ3) is 2.96.